The molecular weight excluding hydrogens is 392 g/mol. The van der Waals surface area contributed by atoms with Crippen LogP contribution in [0.5, 0.6) is 5.75 Å². The van der Waals surface area contributed by atoms with Gasteiger partial charge in [-0.1, -0.05) is 0 Å². The first kappa shape index (κ1) is 19.7. The maximum Gasteiger partial charge on any atom is 0.261 e. The number of aryl methyl sites for hydroxylation is 2. The van der Waals surface area contributed by atoms with Gasteiger partial charge in [0.05, 0.1) is 22.0 Å². The Balaban J connectivity index is 1.60. The molecule has 4 heterocycles. The summed E-state index contributed by atoms with van der Waals surface area (Å²) in [7, 11) is 1.84. The van der Waals surface area contributed by atoms with Crippen molar-refractivity contribution in [3.05, 3.63) is 46.6 Å². The zero-order chi connectivity index (χ0) is 21.9. The van der Waals surface area contributed by atoms with Crippen molar-refractivity contribution in [1.29, 1.82) is 0 Å². The third-order valence-electron chi connectivity index (χ3n) is 6.25. The number of benzene rings is 1. The SMILES string of the molecule is Cc1c(O)c(-c2ncc3c(=O)n(C4C[C@@H](C)N[C@H](C)C4)ccc3n2)cc2cn(C)nc12. The lowest BCUT2D eigenvalue weighted by Crippen LogP contribution is -2.44. The molecule has 5 rings (SSSR count). The molecule has 31 heavy (non-hydrogen) atoms. The van der Waals surface area contributed by atoms with Crippen LogP contribution in [0.25, 0.3) is 33.2 Å². The van der Waals surface area contributed by atoms with Gasteiger partial charge in [-0.05, 0) is 45.7 Å². The van der Waals surface area contributed by atoms with E-state index in [0.717, 1.165) is 23.7 Å². The predicted molar refractivity (Wildman–Crippen MR) is 120 cm³/mol. The van der Waals surface area contributed by atoms with E-state index in [4.69, 9.17) is 0 Å². The number of nitrogens with one attached hydrogen (secondary N) is 1. The first-order valence-corrected chi connectivity index (χ1v) is 10.6. The van der Waals surface area contributed by atoms with Crippen LogP contribution in [0.4, 0.5) is 0 Å². The average molecular weight is 419 g/mol. The van der Waals surface area contributed by atoms with Crippen molar-refractivity contribution in [1.82, 2.24) is 29.6 Å². The molecular formula is C23H26N6O2. The van der Waals surface area contributed by atoms with Crippen molar-refractivity contribution >= 4 is 21.8 Å². The number of piperidine rings is 1. The number of hydrogen-bond donors (Lipinski definition) is 2. The molecule has 1 aliphatic rings. The molecule has 8 nitrogen and oxygen atoms in total. The van der Waals surface area contributed by atoms with Crippen LogP contribution in [-0.4, -0.2) is 41.5 Å². The quantitative estimate of drug-likeness (QED) is 0.519. The molecule has 1 aliphatic heterocycles. The molecule has 1 saturated heterocycles. The lowest BCUT2D eigenvalue weighted by Gasteiger charge is -2.34. The highest BCUT2D eigenvalue weighted by molar-refractivity contribution is 5.90. The minimum atomic E-state index is -0.0709. The molecule has 0 saturated carbocycles. The van der Waals surface area contributed by atoms with E-state index in [1.807, 2.05) is 43.1 Å². The van der Waals surface area contributed by atoms with Gasteiger partial charge in [-0.3, -0.25) is 9.48 Å². The van der Waals surface area contributed by atoms with Crippen molar-refractivity contribution in [2.75, 3.05) is 0 Å². The number of rotatable bonds is 2. The maximum absolute atomic E-state index is 13.2. The van der Waals surface area contributed by atoms with E-state index in [1.54, 1.807) is 10.9 Å². The molecule has 4 aromatic rings. The van der Waals surface area contributed by atoms with Crippen LogP contribution in [0.15, 0.2) is 35.5 Å². The summed E-state index contributed by atoms with van der Waals surface area (Å²) in [4.78, 5) is 22.2. The van der Waals surface area contributed by atoms with Crippen molar-refractivity contribution < 1.29 is 5.11 Å². The van der Waals surface area contributed by atoms with Gasteiger partial charge in [0.15, 0.2) is 5.82 Å². The Morgan fingerprint density at radius 1 is 1.23 bits per heavy atom. The predicted octanol–water partition coefficient (Wildman–Crippen LogP) is 3.06. The summed E-state index contributed by atoms with van der Waals surface area (Å²) in [6, 6.07) is 4.59. The third kappa shape index (κ3) is 3.27. The minimum absolute atomic E-state index is 0.0709. The molecule has 2 atom stereocenters. The topological polar surface area (TPSA) is 97.9 Å². The van der Waals surface area contributed by atoms with Gasteiger partial charge in [-0.2, -0.15) is 5.10 Å². The van der Waals surface area contributed by atoms with Crippen LogP contribution in [0.3, 0.4) is 0 Å². The number of fused-ring (bicyclic) bond motifs is 2. The molecule has 8 heteroatoms. The largest absolute Gasteiger partial charge is 0.507 e. The standard InChI is InChI=1S/C23H26N6O2/c1-12-7-16(8-13(2)25-12)29-6-5-19-18(23(29)31)10-24-22(26-19)17-9-15-11-28(4)27-20(15)14(3)21(17)30/h5-6,9-13,16,25,30H,7-8H2,1-4H3/t12-,13-/m1/s1. The van der Waals surface area contributed by atoms with E-state index in [1.165, 1.54) is 0 Å². The fourth-order valence-electron chi connectivity index (χ4n) is 4.84. The molecule has 0 spiro atoms. The maximum atomic E-state index is 13.2. The van der Waals surface area contributed by atoms with Gasteiger partial charge in [-0.25, -0.2) is 9.97 Å². The van der Waals surface area contributed by atoms with E-state index in [0.29, 0.717) is 39.9 Å². The highest BCUT2D eigenvalue weighted by atomic mass is 16.3. The molecule has 1 aromatic carbocycles. The van der Waals surface area contributed by atoms with Crippen LogP contribution in [-0.2, 0) is 7.05 Å². The first-order valence-electron chi connectivity index (χ1n) is 10.6. The van der Waals surface area contributed by atoms with E-state index >= 15 is 0 Å². The lowest BCUT2D eigenvalue weighted by molar-refractivity contribution is 0.260. The molecule has 0 unspecified atom stereocenters. The summed E-state index contributed by atoms with van der Waals surface area (Å²) in [6.07, 6.45) is 7.13. The lowest BCUT2D eigenvalue weighted by atomic mass is 9.95. The molecule has 160 valence electrons. The van der Waals surface area contributed by atoms with Crippen molar-refractivity contribution in [3.63, 3.8) is 0 Å². The smallest absolute Gasteiger partial charge is 0.261 e. The van der Waals surface area contributed by atoms with Crippen molar-refractivity contribution in [3.8, 4) is 17.1 Å². The van der Waals surface area contributed by atoms with Crippen LogP contribution < -0.4 is 10.9 Å². The second kappa shape index (κ2) is 7.16. The van der Waals surface area contributed by atoms with Crippen molar-refractivity contribution in [2.24, 2.45) is 7.05 Å². The van der Waals surface area contributed by atoms with Crippen LogP contribution >= 0.6 is 0 Å². The van der Waals surface area contributed by atoms with Gasteiger partial charge >= 0.3 is 0 Å². The molecule has 0 bridgehead atoms. The highest BCUT2D eigenvalue weighted by Gasteiger charge is 2.25. The third-order valence-corrected chi connectivity index (χ3v) is 6.25. The number of nitrogens with zero attached hydrogens (tertiary/aromatic N) is 5. The highest BCUT2D eigenvalue weighted by Crippen LogP contribution is 2.35. The van der Waals surface area contributed by atoms with E-state index in [-0.39, 0.29) is 17.4 Å². The number of aromatic hydroxyl groups is 1. The van der Waals surface area contributed by atoms with E-state index in [9.17, 15) is 9.90 Å². The van der Waals surface area contributed by atoms with Gasteiger partial charge in [0.2, 0.25) is 0 Å². The monoisotopic (exact) mass is 418 g/mol. The van der Waals surface area contributed by atoms with Gasteiger partial charge in [-0.15, -0.1) is 0 Å². The van der Waals surface area contributed by atoms with Crippen molar-refractivity contribution in [2.45, 2.75) is 51.7 Å². The Bertz CT molecular complexity index is 1360. The summed E-state index contributed by atoms with van der Waals surface area (Å²) in [5.41, 5.74) is 2.47. The Kier molecular flexibility index (Phi) is 4.55. The Labute approximate surface area is 179 Å². The van der Waals surface area contributed by atoms with Gasteiger partial charge < -0.3 is 15.0 Å². The molecule has 0 radical (unpaired) electrons. The van der Waals surface area contributed by atoms with Crippen LogP contribution in [0.2, 0.25) is 0 Å². The van der Waals surface area contributed by atoms with E-state index < -0.39 is 0 Å². The number of aromatic nitrogens is 5. The average Bonchev–Trinajstić information content (AvgIpc) is 3.10. The molecule has 0 amide bonds. The number of pyridine rings is 1. The van der Waals surface area contributed by atoms with Gasteiger partial charge in [0.25, 0.3) is 5.56 Å². The number of hydrogen-bond acceptors (Lipinski definition) is 6. The summed E-state index contributed by atoms with van der Waals surface area (Å²) in [6.45, 7) is 6.13. The first-order chi connectivity index (χ1) is 14.8. The molecule has 3 aromatic heterocycles. The minimum Gasteiger partial charge on any atom is -0.507 e. The molecule has 1 fully saturated rings. The molecule has 0 aliphatic carbocycles. The number of phenolic OH excluding ortho intramolecular Hbond substituents is 1. The second-order valence-electron chi connectivity index (χ2n) is 8.75. The zero-order valence-electron chi connectivity index (χ0n) is 18.1. The molecule has 2 N–H and O–H groups in total. The summed E-state index contributed by atoms with van der Waals surface area (Å²) in [5.74, 6) is 0.497. The fraction of sp³-hybridized carbons (Fsp3) is 0.391. The van der Waals surface area contributed by atoms with Gasteiger partial charge in [0, 0.05) is 54.7 Å². The van der Waals surface area contributed by atoms with E-state index in [2.05, 4.69) is 34.2 Å². The fourth-order valence-corrected chi connectivity index (χ4v) is 4.84. The Morgan fingerprint density at radius 3 is 2.71 bits per heavy atom. The summed E-state index contributed by atoms with van der Waals surface area (Å²) in [5, 5.41) is 20.1. The van der Waals surface area contributed by atoms with Gasteiger partial charge in [0.1, 0.15) is 5.75 Å². The van der Waals surface area contributed by atoms with Crippen LogP contribution in [0, 0.1) is 6.92 Å². The van der Waals surface area contributed by atoms with Crippen LogP contribution in [0.1, 0.15) is 38.3 Å². The summed E-state index contributed by atoms with van der Waals surface area (Å²) < 4.78 is 3.54. The Morgan fingerprint density at radius 2 is 1.97 bits per heavy atom. The second-order valence-corrected chi connectivity index (χ2v) is 8.75. The zero-order valence-corrected chi connectivity index (χ0v) is 18.1. The normalized spacial score (nSPS) is 21.7. The number of phenols is 1. The Hall–Kier alpha value is -3.26. The summed E-state index contributed by atoms with van der Waals surface area (Å²) >= 11 is 0.